The fourth-order valence-electron chi connectivity index (χ4n) is 19.2. The second-order valence-corrected chi connectivity index (χ2v) is 28.5. The summed E-state index contributed by atoms with van der Waals surface area (Å²) in [4.78, 5) is 5.04. The van der Waals surface area contributed by atoms with Gasteiger partial charge in [-0.2, -0.15) is 0 Å². The average Bonchev–Trinajstić information content (AvgIpc) is 1.51. The Morgan fingerprint density at radius 1 is 0.163 bits per heavy atom. The molecule has 0 saturated heterocycles. The lowest BCUT2D eigenvalue weighted by atomic mass is 9.70. The molecule has 18 aromatic carbocycles. The molecule has 0 radical (unpaired) electrons. The molecule has 0 saturated carbocycles. The highest BCUT2D eigenvalue weighted by Gasteiger charge is 2.54. The van der Waals surface area contributed by atoms with Gasteiger partial charge in [-0.1, -0.05) is 297 Å². The van der Waals surface area contributed by atoms with Crippen LogP contribution in [0.3, 0.4) is 0 Å². The van der Waals surface area contributed by atoms with E-state index >= 15 is 0 Å². The molecule has 0 aromatic heterocycles. The fraction of sp³-hybridized carbons (Fsp3) is 0.0196. The van der Waals surface area contributed by atoms with Gasteiger partial charge in [0.05, 0.1) is 27.9 Å². The zero-order valence-corrected chi connectivity index (χ0v) is 56.8. The molecule has 4 aliphatic carbocycles. The second kappa shape index (κ2) is 22.6. The van der Waals surface area contributed by atoms with Crippen LogP contribution < -0.4 is 9.80 Å². The van der Waals surface area contributed by atoms with Gasteiger partial charge in [0.15, 0.2) is 0 Å². The molecule has 0 fully saturated rings. The van der Waals surface area contributed by atoms with Gasteiger partial charge in [0.1, 0.15) is 0 Å². The van der Waals surface area contributed by atoms with Crippen molar-refractivity contribution in [2.24, 2.45) is 0 Å². The number of nitrogens with zero attached hydrogens (tertiary/aromatic N) is 2. The molecule has 0 bridgehead atoms. The third kappa shape index (κ3) is 8.22. The van der Waals surface area contributed by atoms with Crippen molar-refractivity contribution in [2.45, 2.75) is 10.8 Å². The van der Waals surface area contributed by atoms with Crippen LogP contribution in [0.5, 0.6) is 0 Å². The van der Waals surface area contributed by atoms with Crippen LogP contribution >= 0.6 is 0 Å². The highest BCUT2D eigenvalue weighted by Crippen LogP contribution is 2.68. The molecule has 0 amide bonds. The van der Waals surface area contributed by atoms with Crippen molar-refractivity contribution < 1.29 is 0 Å². The average molecular weight is 1320 g/mol. The maximum atomic E-state index is 2.58. The van der Waals surface area contributed by atoms with Gasteiger partial charge in [-0.3, -0.25) is 0 Å². The van der Waals surface area contributed by atoms with E-state index < -0.39 is 10.8 Å². The van der Waals surface area contributed by atoms with Crippen molar-refractivity contribution in [3.63, 3.8) is 0 Å². The van der Waals surface area contributed by atoms with Crippen molar-refractivity contribution in [3.8, 4) is 77.9 Å². The lowest BCUT2D eigenvalue weighted by molar-refractivity contribution is 0.795. The molecule has 2 nitrogen and oxygen atoms in total. The normalized spacial score (nSPS) is 13.3. The molecule has 482 valence electrons. The molecule has 22 rings (SSSR count). The highest BCUT2D eigenvalue weighted by molar-refractivity contribution is 6.16. The Morgan fingerprint density at radius 3 is 1.10 bits per heavy atom. The molecule has 4 aliphatic rings. The van der Waals surface area contributed by atoms with Gasteiger partial charge in [-0.15, -0.1) is 0 Å². The van der Waals surface area contributed by atoms with Crippen LogP contribution in [0.4, 0.5) is 34.1 Å². The van der Waals surface area contributed by atoms with Gasteiger partial charge < -0.3 is 9.80 Å². The van der Waals surface area contributed by atoms with Crippen molar-refractivity contribution in [3.05, 3.63) is 433 Å². The summed E-state index contributed by atoms with van der Waals surface area (Å²) in [7, 11) is 0. The molecule has 2 spiro atoms. The van der Waals surface area contributed by atoms with Crippen molar-refractivity contribution in [1.29, 1.82) is 0 Å². The Balaban J connectivity index is 0.719. The second-order valence-electron chi connectivity index (χ2n) is 28.5. The van der Waals surface area contributed by atoms with Crippen molar-refractivity contribution in [2.75, 3.05) is 9.80 Å². The van der Waals surface area contributed by atoms with E-state index in [9.17, 15) is 0 Å². The summed E-state index contributed by atoms with van der Waals surface area (Å²) < 4.78 is 0. The zero-order valence-electron chi connectivity index (χ0n) is 56.8. The number of hydrogen-bond acceptors (Lipinski definition) is 2. The van der Waals surface area contributed by atoms with Gasteiger partial charge in [0.25, 0.3) is 0 Å². The molecule has 0 N–H and O–H groups in total. The van der Waals surface area contributed by atoms with Gasteiger partial charge in [-0.25, -0.2) is 0 Å². The molecule has 0 unspecified atom stereocenters. The summed E-state index contributed by atoms with van der Waals surface area (Å²) in [6, 6.07) is 146. The quantitative estimate of drug-likeness (QED) is 0.142. The molecule has 18 aromatic rings. The molecule has 0 heterocycles. The lowest BCUT2D eigenvalue weighted by Gasteiger charge is -2.33. The van der Waals surface area contributed by atoms with E-state index in [1.54, 1.807) is 0 Å². The Morgan fingerprint density at radius 2 is 0.538 bits per heavy atom. The van der Waals surface area contributed by atoms with Crippen LogP contribution in [-0.4, -0.2) is 0 Å². The number of rotatable bonds is 9. The van der Waals surface area contributed by atoms with Crippen LogP contribution in [0.2, 0.25) is 0 Å². The first-order valence-corrected chi connectivity index (χ1v) is 36.3. The maximum absolute atomic E-state index is 2.58. The minimum absolute atomic E-state index is 0.577. The molecule has 104 heavy (non-hydrogen) atoms. The Labute approximate surface area is 604 Å². The summed E-state index contributed by atoms with van der Waals surface area (Å²) in [5, 5.41) is 9.76. The van der Waals surface area contributed by atoms with Crippen molar-refractivity contribution in [1.82, 2.24) is 0 Å². The third-order valence-electron chi connectivity index (χ3n) is 23.3. The standard InChI is InChI=1S/C102H64N2/c1-4-28-65(29-5-1)67-33-27-39-76(58-67)103(74-35-6-2-7-36-74)97-63-94-99(84-47-14-12-45-82(84)97)87-60-71-55-54-70(57-73(71)62-93(87)102(94)90-51-23-18-43-80(90)81-44-19-24-52-91(81)102)66-32-26-34-72(56-66)77-40-20-25-53-96(77)104(75-37-8-3-9-38-75)98-64-95-100(85-48-15-13-46-83(85)98)86-59-68-30-10-11-31-69(68)61-92(86)101(95)88-49-21-16-41-78(88)79-42-17-22-50-89(79)101/h1-64H. The Kier molecular flexibility index (Phi) is 12.7. The molecule has 2 heteroatoms. The summed E-state index contributed by atoms with van der Waals surface area (Å²) >= 11 is 0. The largest absolute Gasteiger partial charge is 0.310 e. The van der Waals surface area contributed by atoms with Crippen molar-refractivity contribution >= 4 is 77.2 Å². The molecule has 0 aliphatic heterocycles. The summed E-state index contributed by atoms with van der Waals surface area (Å²) in [6.45, 7) is 0. The summed E-state index contributed by atoms with van der Waals surface area (Å²) in [5.41, 5.74) is 33.2. The van der Waals surface area contributed by atoms with Gasteiger partial charge in [0, 0.05) is 33.4 Å². The molecular weight excluding hydrogens is 1250 g/mol. The van der Waals surface area contributed by atoms with E-state index in [1.807, 2.05) is 0 Å². The smallest absolute Gasteiger partial charge is 0.0726 e. The molecular formula is C102H64N2. The first-order chi connectivity index (χ1) is 51.6. The predicted molar refractivity (Wildman–Crippen MR) is 435 cm³/mol. The maximum Gasteiger partial charge on any atom is 0.0726 e. The zero-order chi connectivity index (χ0) is 68.2. The van der Waals surface area contributed by atoms with Gasteiger partial charge in [-0.05, 0) is 240 Å². The number of hydrogen-bond donors (Lipinski definition) is 0. The SMILES string of the molecule is c1ccc(-c2cccc(N(c3ccccc3)c3cc4c(c5ccccc35)-c3cc5ccc(-c6cccc(-c7ccccc7N(c7ccccc7)c7cc8c(c9ccccc79)-c7cc9ccccc9cc7C87c8ccccc8-c8ccccc87)c6)cc5cc3C43c4ccccc4-c4ccccc43)c2)cc1. The number of para-hydroxylation sites is 3. The predicted octanol–water partition coefficient (Wildman–Crippen LogP) is 26.9. The number of benzene rings is 18. The van der Waals surface area contributed by atoms with Crippen LogP contribution in [-0.2, 0) is 10.8 Å². The number of anilines is 6. The van der Waals surface area contributed by atoms with E-state index in [1.165, 1.54) is 143 Å². The highest BCUT2D eigenvalue weighted by atomic mass is 15.2. The van der Waals surface area contributed by atoms with E-state index in [2.05, 4.69) is 398 Å². The van der Waals surface area contributed by atoms with E-state index in [0.717, 1.165) is 56.4 Å². The Bertz CT molecular complexity index is 6530. The van der Waals surface area contributed by atoms with Crippen LogP contribution in [0.25, 0.3) is 121 Å². The van der Waals surface area contributed by atoms with E-state index in [-0.39, 0.29) is 0 Å². The first kappa shape index (κ1) is 58.4. The van der Waals surface area contributed by atoms with E-state index in [4.69, 9.17) is 0 Å². The fourth-order valence-corrected chi connectivity index (χ4v) is 19.2. The van der Waals surface area contributed by atoms with E-state index in [0.29, 0.717) is 0 Å². The van der Waals surface area contributed by atoms with Crippen LogP contribution in [0.15, 0.2) is 388 Å². The summed E-state index contributed by atoms with van der Waals surface area (Å²) in [6.07, 6.45) is 0. The third-order valence-corrected chi connectivity index (χ3v) is 23.3. The lowest BCUT2D eigenvalue weighted by Crippen LogP contribution is -2.26. The minimum atomic E-state index is -0.640. The topological polar surface area (TPSA) is 6.48 Å². The minimum Gasteiger partial charge on any atom is -0.310 e. The van der Waals surface area contributed by atoms with Crippen LogP contribution in [0.1, 0.15) is 44.5 Å². The first-order valence-electron chi connectivity index (χ1n) is 36.3. The Hall–Kier alpha value is -13.4. The monoisotopic (exact) mass is 1320 g/mol. The van der Waals surface area contributed by atoms with Gasteiger partial charge >= 0.3 is 0 Å². The summed E-state index contributed by atoms with van der Waals surface area (Å²) in [5.74, 6) is 0. The molecule has 0 atom stereocenters. The number of fused-ring (bicyclic) bond motifs is 26. The van der Waals surface area contributed by atoms with Crippen LogP contribution in [0, 0.1) is 0 Å². The van der Waals surface area contributed by atoms with Gasteiger partial charge in [0.2, 0.25) is 0 Å².